The van der Waals surface area contributed by atoms with Gasteiger partial charge in [0, 0.05) is 16.8 Å². The fourth-order valence-electron chi connectivity index (χ4n) is 1.46. The summed E-state index contributed by atoms with van der Waals surface area (Å²) in [6.07, 6.45) is 0. The summed E-state index contributed by atoms with van der Waals surface area (Å²) in [5, 5.41) is 11.0. The Morgan fingerprint density at radius 3 is 2.94 bits per heavy atom. The second kappa shape index (κ2) is 5.89. The van der Waals surface area contributed by atoms with Gasteiger partial charge < -0.3 is 4.74 Å². The molecule has 0 N–H and O–H groups in total. The van der Waals surface area contributed by atoms with Gasteiger partial charge in [-0.3, -0.25) is 0 Å². The molecule has 0 spiro atoms. The van der Waals surface area contributed by atoms with Gasteiger partial charge in [-0.2, -0.15) is 5.26 Å². The number of thioether (sulfide) groups is 1. The minimum absolute atomic E-state index is 0.566. The maximum absolute atomic E-state index is 8.91. The summed E-state index contributed by atoms with van der Waals surface area (Å²) < 4.78 is 6.25. The molecule has 5 heteroatoms. The fourth-order valence-corrected chi connectivity index (χ4v) is 3.25. The third-order valence-corrected chi connectivity index (χ3v) is 4.56. The Hall–Kier alpha value is -1.51. The number of thiazole rings is 1. The van der Waals surface area contributed by atoms with Crippen LogP contribution in [0.25, 0.3) is 0 Å². The summed E-state index contributed by atoms with van der Waals surface area (Å²) in [6.45, 7) is 1.99. The molecular formula is C13H12N2OS2. The summed E-state index contributed by atoms with van der Waals surface area (Å²) >= 11 is 3.35. The lowest BCUT2D eigenvalue weighted by atomic mass is 10.1. The molecule has 0 saturated heterocycles. The Balaban J connectivity index is 2.08. The van der Waals surface area contributed by atoms with Crippen molar-refractivity contribution < 1.29 is 4.74 Å². The highest BCUT2D eigenvalue weighted by Crippen LogP contribution is 2.28. The molecule has 0 saturated carbocycles. The first-order valence-electron chi connectivity index (χ1n) is 5.35. The minimum atomic E-state index is 0.566. The van der Waals surface area contributed by atoms with Gasteiger partial charge >= 0.3 is 0 Å². The summed E-state index contributed by atoms with van der Waals surface area (Å²) in [7, 11) is 1.58. The SMILES string of the molecule is COc1cc(CSc2nc(C)cs2)ccc1C#N. The van der Waals surface area contributed by atoms with Crippen LogP contribution in [-0.4, -0.2) is 12.1 Å². The number of benzene rings is 1. The third kappa shape index (κ3) is 3.03. The molecule has 0 aliphatic heterocycles. The van der Waals surface area contributed by atoms with E-state index in [-0.39, 0.29) is 0 Å². The predicted molar refractivity (Wildman–Crippen MR) is 74.1 cm³/mol. The van der Waals surface area contributed by atoms with Crippen molar-refractivity contribution in [3.05, 3.63) is 40.4 Å². The highest BCUT2D eigenvalue weighted by atomic mass is 32.2. The van der Waals surface area contributed by atoms with Crippen LogP contribution in [0.4, 0.5) is 0 Å². The van der Waals surface area contributed by atoms with Gasteiger partial charge in [-0.15, -0.1) is 11.3 Å². The molecule has 2 aromatic rings. The quantitative estimate of drug-likeness (QED) is 0.800. The monoisotopic (exact) mass is 276 g/mol. The van der Waals surface area contributed by atoms with Crippen molar-refractivity contribution in [2.75, 3.05) is 7.11 Å². The second-order valence-electron chi connectivity index (χ2n) is 3.69. The molecule has 0 unspecified atom stereocenters. The minimum Gasteiger partial charge on any atom is -0.495 e. The standard InChI is InChI=1S/C13H12N2OS2/c1-9-7-17-13(15-9)18-8-10-3-4-11(6-14)12(5-10)16-2/h3-5,7H,8H2,1-2H3. The largest absolute Gasteiger partial charge is 0.495 e. The van der Waals surface area contributed by atoms with E-state index in [0.29, 0.717) is 11.3 Å². The molecule has 0 bridgehead atoms. The van der Waals surface area contributed by atoms with E-state index < -0.39 is 0 Å². The number of aromatic nitrogens is 1. The van der Waals surface area contributed by atoms with Crippen LogP contribution >= 0.6 is 23.1 Å². The average Bonchev–Trinajstić information content (AvgIpc) is 2.81. The van der Waals surface area contributed by atoms with E-state index in [1.165, 1.54) is 0 Å². The van der Waals surface area contributed by atoms with Crippen molar-refractivity contribution in [3.63, 3.8) is 0 Å². The van der Waals surface area contributed by atoms with Crippen molar-refractivity contribution in [2.24, 2.45) is 0 Å². The topological polar surface area (TPSA) is 45.9 Å². The Kier molecular flexibility index (Phi) is 4.24. The molecule has 0 fully saturated rings. The molecule has 0 atom stereocenters. The first kappa shape index (κ1) is 12.9. The number of hydrogen-bond donors (Lipinski definition) is 0. The van der Waals surface area contributed by atoms with Crippen molar-refractivity contribution in [1.29, 1.82) is 5.26 Å². The molecular weight excluding hydrogens is 264 g/mol. The Bertz CT molecular complexity index is 587. The van der Waals surface area contributed by atoms with Gasteiger partial charge in [-0.05, 0) is 24.6 Å². The smallest absolute Gasteiger partial charge is 0.150 e. The van der Waals surface area contributed by atoms with E-state index in [1.54, 1.807) is 36.3 Å². The normalized spacial score (nSPS) is 10.1. The molecule has 92 valence electrons. The number of nitrogens with zero attached hydrogens (tertiary/aromatic N) is 2. The predicted octanol–water partition coefficient (Wildman–Crippen LogP) is 3.62. The van der Waals surface area contributed by atoms with Gasteiger partial charge in [0.05, 0.1) is 12.7 Å². The van der Waals surface area contributed by atoms with Gasteiger partial charge in [0.25, 0.3) is 0 Å². The second-order valence-corrected chi connectivity index (χ2v) is 5.77. The van der Waals surface area contributed by atoms with E-state index in [4.69, 9.17) is 10.00 Å². The molecule has 2 rings (SSSR count). The maximum atomic E-state index is 8.91. The van der Waals surface area contributed by atoms with E-state index in [0.717, 1.165) is 21.3 Å². The molecule has 0 radical (unpaired) electrons. The molecule has 18 heavy (non-hydrogen) atoms. The lowest BCUT2D eigenvalue weighted by Gasteiger charge is -2.05. The number of methoxy groups -OCH3 is 1. The molecule has 0 amide bonds. The van der Waals surface area contributed by atoms with E-state index in [2.05, 4.69) is 11.1 Å². The van der Waals surface area contributed by atoms with Crippen molar-refractivity contribution in [2.45, 2.75) is 17.0 Å². The number of aryl methyl sites for hydroxylation is 1. The van der Waals surface area contributed by atoms with Gasteiger partial charge in [0.15, 0.2) is 0 Å². The molecule has 1 aromatic carbocycles. The van der Waals surface area contributed by atoms with Crippen molar-refractivity contribution in [3.8, 4) is 11.8 Å². The first-order valence-corrected chi connectivity index (χ1v) is 7.21. The average molecular weight is 276 g/mol. The Morgan fingerprint density at radius 1 is 1.50 bits per heavy atom. The van der Waals surface area contributed by atoms with E-state index >= 15 is 0 Å². The number of ether oxygens (including phenoxy) is 1. The number of rotatable bonds is 4. The summed E-state index contributed by atoms with van der Waals surface area (Å²) in [5.41, 5.74) is 2.75. The van der Waals surface area contributed by atoms with Crippen LogP contribution < -0.4 is 4.74 Å². The van der Waals surface area contributed by atoms with Crippen molar-refractivity contribution in [1.82, 2.24) is 4.98 Å². The van der Waals surface area contributed by atoms with Gasteiger partial charge in [0.2, 0.25) is 0 Å². The number of hydrogen-bond acceptors (Lipinski definition) is 5. The highest BCUT2D eigenvalue weighted by molar-refractivity contribution is 8.00. The van der Waals surface area contributed by atoms with Crippen LogP contribution in [0, 0.1) is 18.3 Å². The third-order valence-electron chi connectivity index (χ3n) is 2.35. The summed E-state index contributed by atoms with van der Waals surface area (Å²) in [6, 6.07) is 7.76. The molecule has 3 nitrogen and oxygen atoms in total. The molecule has 1 aromatic heterocycles. The first-order chi connectivity index (χ1) is 8.72. The lowest BCUT2D eigenvalue weighted by Crippen LogP contribution is -1.90. The zero-order valence-corrected chi connectivity index (χ0v) is 11.8. The molecule has 1 heterocycles. The van der Waals surface area contributed by atoms with Crippen LogP contribution in [0.2, 0.25) is 0 Å². The van der Waals surface area contributed by atoms with Crippen LogP contribution in [0.1, 0.15) is 16.8 Å². The van der Waals surface area contributed by atoms with Crippen molar-refractivity contribution >= 4 is 23.1 Å². The van der Waals surface area contributed by atoms with E-state index in [1.807, 2.05) is 24.4 Å². The fraction of sp³-hybridized carbons (Fsp3) is 0.231. The van der Waals surface area contributed by atoms with Crippen LogP contribution in [0.3, 0.4) is 0 Å². The van der Waals surface area contributed by atoms with Crippen LogP contribution in [0.5, 0.6) is 5.75 Å². The van der Waals surface area contributed by atoms with Gasteiger partial charge in [0.1, 0.15) is 16.2 Å². The number of nitriles is 1. The maximum Gasteiger partial charge on any atom is 0.150 e. The lowest BCUT2D eigenvalue weighted by molar-refractivity contribution is 0.413. The highest BCUT2D eigenvalue weighted by Gasteiger charge is 2.05. The van der Waals surface area contributed by atoms with E-state index in [9.17, 15) is 0 Å². The van der Waals surface area contributed by atoms with Gasteiger partial charge in [-0.1, -0.05) is 17.8 Å². The Morgan fingerprint density at radius 2 is 2.33 bits per heavy atom. The Labute approximate surface area is 114 Å². The summed E-state index contributed by atoms with van der Waals surface area (Å²) in [5.74, 6) is 1.46. The zero-order chi connectivity index (χ0) is 13.0. The van der Waals surface area contributed by atoms with Crippen LogP contribution in [0.15, 0.2) is 27.9 Å². The zero-order valence-electron chi connectivity index (χ0n) is 10.1. The van der Waals surface area contributed by atoms with Crippen LogP contribution in [-0.2, 0) is 5.75 Å². The molecule has 0 aliphatic rings. The summed E-state index contributed by atoms with van der Waals surface area (Å²) in [4.78, 5) is 4.40. The van der Waals surface area contributed by atoms with Gasteiger partial charge in [-0.25, -0.2) is 4.98 Å². The molecule has 0 aliphatic carbocycles.